The fraction of sp³-hybridized carbons (Fsp3) is 0.333. The molecule has 0 unspecified atom stereocenters. The second-order valence-corrected chi connectivity index (χ2v) is 21.0. The Hall–Kier alpha value is -7.94. The number of hydrogen-bond donors (Lipinski definition) is 2. The van der Waals surface area contributed by atoms with Gasteiger partial charge in [-0.2, -0.15) is 0 Å². The van der Waals surface area contributed by atoms with Gasteiger partial charge >= 0.3 is 0 Å². The van der Waals surface area contributed by atoms with Crippen molar-refractivity contribution in [3.63, 3.8) is 0 Å². The quantitative estimate of drug-likeness (QED) is 0.0968. The standard InChI is InChI=1S/2C24H27N5O7S/c2*1-14-9-10-19(36-14)24-28-27-20(29(24)21-17(34-4)7-6-8-18(21)35-5)13-37(31,32)15(2)22(30)23-25-11-16(33-3)12-26-23/h2*6-12,15,22,30H,13H2,1-5H3/t2*15-,22-/m10/s1. The molecule has 8 rings (SSSR count). The number of aryl methyl sites for hydroxylation is 2. The minimum Gasteiger partial charge on any atom is -0.494 e. The maximum absolute atomic E-state index is 13.5. The Morgan fingerprint density at radius 1 is 0.500 bits per heavy atom. The number of furan rings is 2. The highest BCUT2D eigenvalue weighted by molar-refractivity contribution is 7.91. The molecule has 0 spiro atoms. The summed E-state index contributed by atoms with van der Waals surface area (Å²) >= 11 is 0. The molecular weight excluding hydrogens is 1000 g/mol. The first-order valence-electron chi connectivity index (χ1n) is 22.4. The van der Waals surface area contributed by atoms with Crippen molar-refractivity contribution in [3.05, 3.63) is 120 Å². The van der Waals surface area contributed by atoms with E-state index in [2.05, 4.69) is 40.3 Å². The van der Waals surface area contributed by atoms with Crippen molar-refractivity contribution >= 4 is 19.7 Å². The number of nitrogens with zero attached hydrogens (tertiary/aromatic N) is 10. The second-order valence-electron chi connectivity index (χ2n) is 16.3. The van der Waals surface area contributed by atoms with Crippen molar-refractivity contribution in [1.29, 1.82) is 0 Å². The van der Waals surface area contributed by atoms with Gasteiger partial charge in [-0.1, -0.05) is 12.1 Å². The second kappa shape index (κ2) is 22.9. The summed E-state index contributed by atoms with van der Waals surface area (Å²) in [5.41, 5.74) is 0.803. The van der Waals surface area contributed by atoms with Crippen LogP contribution in [0.25, 0.3) is 34.5 Å². The number of ether oxygens (including phenoxy) is 6. The molecule has 0 bridgehead atoms. The highest BCUT2D eigenvalue weighted by atomic mass is 32.2. The van der Waals surface area contributed by atoms with Crippen LogP contribution in [0, 0.1) is 13.8 Å². The Kier molecular flexibility index (Phi) is 16.6. The van der Waals surface area contributed by atoms with Crippen LogP contribution in [-0.4, -0.2) is 130 Å². The third kappa shape index (κ3) is 11.3. The first-order valence-corrected chi connectivity index (χ1v) is 25.8. The van der Waals surface area contributed by atoms with E-state index in [0.29, 0.717) is 68.9 Å². The summed E-state index contributed by atoms with van der Waals surface area (Å²) < 4.78 is 101. The van der Waals surface area contributed by atoms with Crippen LogP contribution in [0.1, 0.15) is 60.9 Å². The highest BCUT2D eigenvalue weighted by Crippen LogP contribution is 2.39. The Bertz CT molecular complexity index is 3140. The van der Waals surface area contributed by atoms with Crippen molar-refractivity contribution in [2.45, 2.75) is 61.9 Å². The van der Waals surface area contributed by atoms with Gasteiger partial charge in [-0.15, -0.1) is 20.4 Å². The molecule has 0 fully saturated rings. The molecule has 0 aliphatic heterocycles. The molecule has 4 atom stereocenters. The number of benzene rings is 2. The van der Waals surface area contributed by atoms with Crippen LogP contribution in [-0.2, 0) is 31.2 Å². The summed E-state index contributed by atoms with van der Waals surface area (Å²) in [4.78, 5) is 16.1. The monoisotopic (exact) mass is 1060 g/mol. The van der Waals surface area contributed by atoms with Crippen LogP contribution in [0.3, 0.4) is 0 Å². The van der Waals surface area contributed by atoms with Gasteiger partial charge in [0.2, 0.25) is 11.6 Å². The van der Waals surface area contributed by atoms with Crippen LogP contribution in [0.2, 0.25) is 0 Å². The first kappa shape index (κ1) is 53.8. The minimum absolute atomic E-state index is 0.0449. The molecule has 6 heterocycles. The number of sulfone groups is 2. The van der Waals surface area contributed by atoms with Gasteiger partial charge in [0.1, 0.15) is 69.6 Å². The molecule has 8 aromatic rings. The number of aliphatic hydroxyl groups excluding tert-OH is 2. The number of hydrogen-bond acceptors (Lipinski definition) is 22. The average Bonchev–Trinajstić information content (AvgIpc) is 4.24. The Balaban J connectivity index is 0.000000216. The van der Waals surface area contributed by atoms with Crippen molar-refractivity contribution in [2.75, 3.05) is 42.7 Å². The summed E-state index contributed by atoms with van der Waals surface area (Å²) in [6, 6.07) is 17.3. The molecule has 0 amide bonds. The van der Waals surface area contributed by atoms with E-state index in [1.54, 1.807) is 74.5 Å². The molecule has 6 aromatic heterocycles. The normalized spacial score (nSPS) is 13.2. The smallest absolute Gasteiger partial charge is 0.204 e. The fourth-order valence-electron chi connectivity index (χ4n) is 7.43. The maximum atomic E-state index is 13.5. The van der Waals surface area contributed by atoms with Crippen molar-refractivity contribution in [2.24, 2.45) is 0 Å². The van der Waals surface area contributed by atoms with Crippen LogP contribution >= 0.6 is 0 Å². The lowest BCUT2D eigenvalue weighted by atomic mass is 10.2. The molecule has 74 heavy (non-hydrogen) atoms. The molecule has 0 saturated carbocycles. The molecule has 26 heteroatoms. The van der Waals surface area contributed by atoms with Gasteiger partial charge in [-0.3, -0.25) is 9.13 Å². The predicted molar refractivity (Wildman–Crippen MR) is 265 cm³/mol. The zero-order chi connectivity index (χ0) is 53.5. The van der Waals surface area contributed by atoms with E-state index < -0.39 is 53.9 Å². The summed E-state index contributed by atoms with van der Waals surface area (Å²) in [7, 11) is 0.846. The lowest BCUT2D eigenvalue weighted by molar-refractivity contribution is 0.165. The van der Waals surface area contributed by atoms with Crippen molar-refractivity contribution in [1.82, 2.24) is 49.5 Å². The van der Waals surface area contributed by atoms with Crippen LogP contribution in [0.5, 0.6) is 34.5 Å². The Morgan fingerprint density at radius 3 is 1.09 bits per heavy atom. The molecule has 0 aliphatic rings. The Morgan fingerprint density at radius 2 is 0.824 bits per heavy atom. The fourth-order valence-corrected chi connectivity index (χ4v) is 10.1. The highest BCUT2D eigenvalue weighted by Gasteiger charge is 2.36. The third-order valence-corrected chi connectivity index (χ3v) is 15.7. The SMILES string of the molecule is COc1cnc([C@@H](O)[C@H](C)S(=O)(=O)Cc2nnc(-c3ccc(C)o3)n2-c2c(OC)cccc2OC)nc1.COc1cnc([C@H](O)[C@@H](C)S(=O)(=O)Cc2nnc(-c3ccc(C)o3)n2-c2c(OC)cccc2OC)nc1. The van der Waals surface area contributed by atoms with Gasteiger partial charge in [-0.05, 0) is 76.2 Å². The average molecular weight is 1060 g/mol. The van der Waals surface area contributed by atoms with Gasteiger partial charge in [0.15, 0.2) is 66.0 Å². The molecule has 0 saturated heterocycles. The largest absolute Gasteiger partial charge is 0.494 e. The summed E-state index contributed by atoms with van der Waals surface area (Å²) in [5, 5.41) is 35.8. The van der Waals surface area contributed by atoms with Gasteiger partial charge in [0.05, 0.1) is 77.9 Å². The van der Waals surface area contributed by atoms with Gasteiger partial charge in [0, 0.05) is 0 Å². The third-order valence-electron chi connectivity index (χ3n) is 11.6. The molecule has 2 aromatic carbocycles. The number of aromatic nitrogens is 10. The van der Waals surface area contributed by atoms with Gasteiger partial charge in [0.25, 0.3) is 0 Å². The van der Waals surface area contributed by atoms with Crippen LogP contribution < -0.4 is 28.4 Å². The van der Waals surface area contributed by atoms with Crippen molar-refractivity contribution in [3.8, 4) is 69.0 Å². The molecular formula is C48H54N10O14S2. The first-order chi connectivity index (χ1) is 35.4. The maximum Gasteiger partial charge on any atom is 0.204 e. The van der Waals surface area contributed by atoms with E-state index in [-0.39, 0.29) is 34.9 Å². The number of methoxy groups -OCH3 is 6. The van der Waals surface area contributed by atoms with E-state index in [0.717, 1.165) is 0 Å². The van der Waals surface area contributed by atoms with E-state index in [1.807, 2.05) is 0 Å². The number of rotatable bonds is 20. The van der Waals surface area contributed by atoms with Gasteiger partial charge in [-0.25, -0.2) is 36.8 Å². The topological polar surface area (TPSA) is 303 Å². The molecule has 0 radical (unpaired) electrons. The Labute approximate surface area is 425 Å². The number of aliphatic hydroxyl groups is 2. The minimum atomic E-state index is -4.01. The molecule has 2 N–H and O–H groups in total. The molecule has 392 valence electrons. The zero-order valence-electron chi connectivity index (χ0n) is 41.9. The lowest BCUT2D eigenvalue weighted by Crippen LogP contribution is -2.29. The van der Waals surface area contributed by atoms with Crippen LogP contribution in [0.15, 0.2) is 94.3 Å². The van der Waals surface area contributed by atoms with E-state index in [4.69, 9.17) is 37.3 Å². The van der Waals surface area contributed by atoms with Crippen LogP contribution in [0.4, 0.5) is 0 Å². The lowest BCUT2D eigenvalue weighted by Gasteiger charge is -2.20. The summed E-state index contributed by atoms with van der Waals surface area (Å²) in [5.74, 6) is 3.86. The van der Waals surface area contributed by atoms with Gasteiger partial charge < -0.3 is 47.5 Å². The van der Waals surface area contributed by atoms with E-state index in [1.165, 1.54) is 90.4 Å². The van der Waals surface area contributed by atoms with Crippen molar-refractivity contribution < 1.29 is 64.3 Å². The zero-order valence-corrected chi connectivity index (χ0v) is 43.5. The van der Waals surface area contributed by atoms with E-state index in [9.17, 15) is 27.0 Å². The summed E-state index contributed by atoms with van der Waals surface area (Å²) in [6.07, 6.45) is 2.45. The molecule has 0 aliphatic carbocycles. The number of para-hydroxylation sites is 2. The molecule has 24 nitrogen and oxygen atoms in total. The van der Waals surface area contributed by atoms with E-state index >= 15 is 0 Å². The summed E-state index contributed by atoms with van der Waals surface area (Å²) in [6.45, 7) is 6.33. The predicted octanol–water partition coefficient (Wildman–Crippen LogP) is 5.38.